The van der Waals surface area contributed by atoms with E-state index in [0.717, 1.165) is 16.8 Å². The van der Waals surface area contributed by atoms with Crippen molar-refractivity contribution in [2.45, 2.75) is 25.4 Å². The Bertz CT molecular complexity index is 945. The van der Waals surface area contributed by atoms with Crippen LogP contribution in [-0.2, 0) is 26.6 Å². The Morgan fingerprint density at radius 2 is 2.03 bits per heavy atom. The minimum atomic E-state index is -0.818. The van der Waals surface area contributed by atoms with E-state index in [9.17, 15) is 0 Å². The third kappa shape index (κ3) is 4.85. The Morgan fingerprint density at radius 3 is 2.76 bits per heavy atom. The monoisotopic (exact) mass is 411 g/mol. The number of nitrogens with zero attached hydrogens (tertiary/aromatic N) is 3. The lowest BCUT2D eigenvalue weighted by Crippen LogP contribution is -2.25. The minimum absolute atomic E-state index is 0.218. The number of rotatable bonds is 7. The third-order valence-corrected chi connectivity index (χ3v) is 4.99. The van der Waals surface area contributed by atoms with Crippen molar-refractivity contribution in [3.63, 3.8) is 0 Å². The lowest BCUT2D eigenvalue weighted by molar-refractivity contribution is -0.167. The molecule has 1 fully saturated rings. The number of halogens is 1. The zero-order chi connectivity index (χ0) is 20.1. The molecule has 0 amide bonds. The van der Waals surface area contributed by atoms with Gasteiger partial charge in [0.05, 0.1) is 19.5 Å². The maximum atomic E-state index is 6.09. The lowest BCUT2D eigenvalue weighted by atomic mass is 10.1. The van der Waals surface area contributed by atoms with Gasteiger partial charge in [-0.05, 0) is 19.1 Å². The SMILES string of the molecule is CC1(c2ccc(Cl)cc2)OCC(CO/N=C(\Cn2ccnc2)c2ccccc2)O1. The largest absolute Gasteiger partial charge is 0.393 e. The molecule has 1 aromatic heterocycles. The van der Waals surface area contributed by atoms with Gasteiger partial charge < -0.3 is 18.9 Å². The van der Waals surface area contributed by atoms with Crippen molar-refractivity contribution in [2.24, 2.45) is 5.16 Å². The van der Waals surface area contributed by atoms with E-state index in [1.54, 1.807) is 12.5 Å². The van der Waals surface area contributed by atoms with Crippen molar-refractivity contribution in [1.29, 1.82) is 0 Å². The highest BCUT2D eigenvalue weighted by atomic mass is 35.5. The molecule has 0 saturated carbocycles. The highest BCUT2D eigenvalue weighted by molar-refractivity contribution is 6.30. The summed E-state index contributed by atoms with van der Waals surface area (Å²) in [7, 11) is 0. The van der Waals surface area contributed by atoms with Crippen LogP contribution in [0.5, 0.6) is 0 Å². The maximum absolute atomic E-state index is 6.09. The smallest absolute Gasteiger partial charge is 0.192 e. The van der Waals surface area contributed by atoms with E-state index in [1.165, 1.54) is 0 Å². The summed E-state index contributed by atoms with van der Waals surface area (Å²) >= 11 is 5.97. The molecule has 0 aliphatic carbocycles. The maximum Gasteiger partial charge on any atom is 0.192 e. The number of aromatic nitrogens is 2. The Kier molecular flexibility index (Phi) is 5.94. The molecule has 1 aliphatic heterocycles. The van der Waals surface area contributed by atoms with Crippen LogP contribution < -0.4 is 0 Å². The average molecular weight is 412 g/mol. The lowest BCUT2D eigenvalue weighted by Gasteiger charge is -2.23. The zero-order valence-corrected chi connectivity index (χ0v) is 16.8. The van der Waals surface area contributed by atoms with Crippen molar-refractivity contribution < 1.29 is 14.3 Å². The summed E-state index contributed by atoms with van der Waals surface area (Å²) in [4.78, 5) is 9.74. The van der Waals surface area contributed by atoms with Crippen LogP contribution in [0.1, 0.15) is 18.1 Å². The Morgan fingerprint density at radius 1 is 1.24 bits per heavy atom. The van der Waals surface area contributed by atoms with Crippen LogP contribution in [0.4, 0.5) is 0 Å². The predicted octanol–water partition coefficient (Wildman–Crippen LogP) is 4.25. The number of hydrogen-bond donors (Lipinski definition) is 0. The summed E-state index contributed by atoms with van der Waals surface area (Å²) in [6.07, 6.45) is 5.17. The van der Waals surface area contributed by atoms with Gasteiger partial charge >= 0.3 is 0 Å². The molecule has 150 valence electrons. The van der Waals surface area contributed by atoms with E-state index in [-0.39, 0.29) is 6.10 Å². The summed E-state index contributed by atoms with van der Waals surface area (Å²) in [5.41, 5.74) is 2.72. The fraction of sp³-hybridized carbons (Fsp3) is 0.273. The molecular formula is C22H22ClN3O3. The molecule has 0 spiro atoms. The molecule has 2 unspecified atom stereocenters. The van der Waals surface area contributed by atoms with Gasteiger partial charge in [-0.3, -0.25) is 0 Å². The van der Waals surface area contributed by atoms with Crippen LogP contribution in [-0.4, -0.2) is 34.6 Å². The van der Waals surface area contributed by atoms with Crippen molar-refractivity contribution in [3.05, 3.63) is 89.5 Å². The van der Waals surface area contributed by atoms with E-state index in [2.05, 4.69) is 10.1 Å². The van der Waals surface area contributed by atoms with E-state index < -0.39 is 5.79 Å². The van der Waals surface area contributed by atoms with Crippen molar-refractivity contribution in [3.8, 4) is 0 Å². The molecule has 7 heteroatoms. The second-order valence-electron chi connectivity index (χ2n) is 6.94. The van der Waals surface area contributed by atoms with Gasteiger partial charge in [-0.1, -0.05) is 59.2 Å². The highest BCUT2D eigenvalue weighted by Gasteiger charge is 2.39. The van der Waals surface area contributed by atoms with Gasteiger partial charge in [0, 0.05) is 28.5 Å². The molecule has 2 atom stereocenters. The molecule has 1 saturated heterocycles. The van der Waals surface area contributed by atoms with Gasteiger partial charge in [-0.25, -0.2) is 4.98 Å². The van der Waals surface area contributed by atoms with Crippen LogP contribution in [0.3, 0.4) is 0 Å². The predicted molar refractivity (Wildman–Crippen MR) is 111 cm³/mol. The third-order valence-electron chi connectivity index (χ3n) is 4.74. The van der Waals surface area contributed by atoms with Crippen LogP contribution in [0, 0.1) is 0 Å². The number of oxime groups is 1. The molecule has 6 nitrogen and oxygen atoms in total. The standard InChI is InChI=1S/C22H22ClN3O3/c1-22(18-7-9-19(23)10-8-18)27-14-20(29-22)15-28-25-21(13-26-12-11-24-16-26)17-5-3-2-4-6-17/h2-12,16,20H,13-15H2,1H3/b25-21+. The topological polar surface area (TPSA) is 57.9 Å². The number of ether oxygens (including phenoxy) is 2. The van der Waals surface area contributed by atoms with E-state index in [1.807, 2.05) is 72.3 Å². The Labute approximate surface area is 174 Å². The number of hydrogen-bond acceptors (Lipinski definition) is 5. The fourth-order valence-corrected chi connectivity index (χ4v) is 3.31. The molecule has 29 heavy (non-hydrogen) atoms. The summed E-state index contributed by atoms with van der Waals surface area (Å²) in [6, 6.07) is 17.4. The first kappa shape index (κ1) is 19.6. The van der Waals surface area contributed by atoms with E-state index in [4.69, 9.17) is 25.9 Å². The molecule has 0 bridgehead atoms. The molecule has 0 N–H and O–H groups in total. The van der Waals surface area contributed by atoms with Crippen LogP contribution in [0.25, 0.3) is 0 Å². The second kappa shape index (κ2) is 8.78. The van der Waals surface area contributed by atoms with E-state index in [0.29, 0.717) is 24.8 Å². The van der Waals surface area contributed by atoms with Crippen LogP contribution >= 0.6 is 11.6 Å². The van der Waals surface area contributed by atoms with Gasteiger partial charge in [0.2, 0.25) is 0 Å². The first-order valence-electron chi connectivity index (χ1n) is 9.40. The highest BCUT2D eigenvalue weighted by Crippen LogP contribution is 2.34. The van der Waals surface area contributed by atoms with Crippen molar-refractivity contribution >= 4 is 17.3 Å². The molecule has 0 radical (unpaired) electrons. The van der Waals surface area contributed by atoms with Gasteiger partial charge in [-0.15, -0.1) is 0 Å². The number of benzene rings is 2. The molecule has 1 aliphatic rings. The average Bonchev–Trinajstić information content (AvgIpc) is 3.39. The summed E-state index contributed by atoms with van der Waals surface area (Å²) in [5.74, 6) is -0.818. The summed E-state index contributed by atoms with van der Waals surface area (Å²) in [5, 5.41) is 5.06. The Balaban J connectivity index is 1.40. The quantitative estimate of drug-likeness (QED) is 0.431. The van der Waals surface area contributed by atoms with Crippen LogP contribution in [0.2, 0.25) is 5.02 Å². The van der Waals surface area contributed by atoms with Crippen molar-refractivity contribution in [2.75, 3.05) is 13.2 Å². The minimum Gasteiger partial charge on any atom is -0.393 e. The van der Waals surface area contributed by atoms with E-state index >= 15 is 0 Å². The Hall–Kier alpha value is -2.67. The summed E-state index contributed by atoms with van der Waals surface area (Å²) < 4.78 is 13.9. The first-order chi connectivity index (χ1) is 14.1. The van der Waals surface area contributed by atoms with Gasteiger partial charge in [0.25, 0.3) is 0 Å². The fourth-order valence-electron chi connectivity index (χ4n) is 3.18. The van der Waals surface area contributed by atoms with Crippen LogP contribution in [0.15, 0.2) is 78.5 Å². The molecular weight excluding hydrogens is 390 g/mol. The summed E-state index contributed by atoms with van der Waals surface area (Å²) in [6.45, 7) is 3.18. The molecule has 3 aromatic rings. The molecule has 4 rings (SSSR count). The molecule has 2 aromatic carbocycles. The van der Waals surface area contributed by atoms with Gasteiger partial charge in [0.1, 0.15) is 18.4 Å². The molecule has 2 heterocycles. The second-order valence-corrected chi connectivity index (χ2v) is 7.37. The van der Waals surface area contributed by atoms with Gasteiger partial charge in [0.15, 0.2) is 5.79 Å². The normalized spacial score (nSPS) is 22.0. The first-order valence-corrected chi connectivity index (χ1v) is 9.78. The van der Waals surface area contributed by atoms with Gasteiger partial charge in [-0.2, -0.15) is 0 Å². The van der Waals surface area contributed by atoms with Crippen molar-refractivity contribution in [1.82, 2.24) is 9.55 Å². The zero-order valence-electron chi connectivity index (χ0n) is 16.1. The number of imidazole rings is 1.